The van der Waals surface area contributed by atoms with Crippen LogP contribution in [0.2, 0.25) is 0 Å². The lowest BCUT2D eigenvalue weighted by Gasteiger charge is -2.06. The highest BCUT2D eigenvalue weighted by molar-refractivity contribution is 5.60. The van der Waals surface area contributed by atoms with E-state index in [9.17, 15) is 4.79 Å². The van der Waals surface area contributed by atoms with Crippen LogP contribution in [0.15, 0.2) is 23.0 Å². The van der Waals surface area contributed by atoms with Crippen LogP contribution in [0.5, 0.6) is 0 Å². The first-order valence-electron chi connectivity index (χ1n) is 5.64. The largest absolute Gasteiger partial charge is 0.323 e. The molecule has 0 saturated heterocycles. The predicted octanol–water partition coefficient (Wildman–Crippen LogP) is 2.67. The maximum absolute atomic E-state index is 11.9. The van der Waals surface area contributed by atoms with Crippen LogP contribution in [0.3, 0.4) is 0 Å². The summed E-state index contributed by atoms with van der Waals surface area (Å²) in [6, 6.07) is 5.96. The van der Waals surface area contributed by atoms with Crippen molar-refractivity contribution in [3.8, 4) is 11.3 Å². The molecule has 0 aliphatic heterocycles. The highest BCUT2D eigenvalue weighted by Crippen LogP contribution is 2.18. The van der Waals surface area contributed by atoms with Crippen LogP contribution < -0.4 is 5.56 Å². The van der Waals surface area contributed by atoms with Crippen molar-refractivity contribution in [1.82, 2.24) is 9.97 Å². The van der Waals surface area contributed by atoms with Crippen molar-refractivity contribution in [1.29, 1.82) is 0 Å². The van der Waals surface area contributed by atoms with Gasteiger partial charge in [-0.1, -0.05) is 12.1 Å². The summed E-state index contributed by atoms with van der Waals surface area (Å²) in [6.45, 7) is 7.84. The molecule has 0 radical (unpaired) electrons. The van der Waals surface area contributed by atoms with Gasteiger partial charge in [0, 0.05) is 11.3 Å². The predicted molar refractivity (Wildman–Crippen MR) is 69.2 cm³/mol. The SMILES string of the molecule is Cc1ccc(-c2nc(C)c(C)[nH]c2=O)cc1C. The van der Waals surface area contributed by atoms with E-state index < -0.39 is 0 Å². The monoisotopic (exact) mass is 228 g/mol. The summed E-state index contributed by atoms with van der Waals surface area (Å²) in [5, 5.41) is 0. The normalized spacial score (nSPS) is 10.6. The lowest BCUT2D eigenvalue weighted by atomic mass is 10.0. The van der Waals surface area contributed by atoms with E-state index in [1.165, 1.54) is 11.1 Å². The molecule has 3 nitrogen and oxygen atoms in total. The number of rotatable bonds is 1. The highest BCUT2D eigenvalue weighted by atomic mass is 16.1. The third kappa shape index (κ3) is 2.13. The van der Waals surface area contributed by atoms with E-state index in [1.807, 2.05) is 39.0 Å². The summed E-state index contributed by atoms with van der Waals surface area (Å²) >= 11 is 0. The second-order valence-electron chi connectivity index (χ2n) is 4.42. The van der Waals surface area contributed by atoms with E-state index in [0.717, 1.165) is 17.0 Å². The number of nitrogens with zero attached hydrogens (tertiary/aromatic N) is 1. The summed E-state index contributed by atoms with van der Waals surface area (Å²) in [6.07, 6.45) is 0. The molecule has 0 unspecified atom stereocenters. The number of nitrogens with one attached hydrogen (secondary N) is 1. The van der Waals surface area contributed by atoms with Gasteiger partial charge in [-0.3, -0.25) is 4.79 Å². The maximum Gasteiger partial charge on any atom is 0.274 e. The van der Waals surface area contributed by atoms with Gasteiger partial charge in [-0.2, -0.15) is 0 Å². The first-order valence-corrected chi connectivity index (χ1v) is 5.64. The molecule has 1 N–H and O–H groups in total. The molecule has 2 aromatic rings. The molecule has 0 saturated carbocycles. The van der Waals surface area contributed by atoms with Crippen LogP contribution in [0.25, 0.3) is 11.3 Å². The number of hydrogen-bond donors (Lipinski definition) is 1. The Morgan fingerprint density at radius 2 is 1.76 bits per heavy atom. The zero-order chi connectivity index (χ0) is 12.6. The molecule has 1 aromatic heterocycles. The summed E-state index contributed by atoms with van der Waals surface area (Å²) in [7, 11) is 0. The van der Waals surface area contributed by atoms with Gasteiger partial charge in [-0.05, 0) is 44.9 Å². The fourth-order valence-electron chi connectivity index (χ4n) is 1.71. The molecule has 0 spiro atoms. The third-order valence-corrected chi connectivity index (χ3v) is 3.12. The van der Waals surface area contributed by atoms with E-state index in [0.29, 0.717) is 5.69 Å². The molecule has 2 rings (SSSR count). The van der Waals surface area contributed by atoms with Crippen LogP contribution in [0, 0.1) is 27.7 Å². The van der Waals surface area contributed by atoms with Crippen molar-refractivity contribution in [2.75, 3.05) is 0 Å². The highest BCUT2D eigenvalue weighted by Gasteiger charge is 2.08. The van der Waals surface area contributed by atoms with Crippen LogP contribution in [0.4, 0.5) is 0 Å². The molecule has 3 heteroatoms. The average Bonchev–Trinajstić information content (AvgIpc) is 2.27. The summed E-state index contributed by atoms with van der Waals surface area (Å²) < 4.78 is 0. The summed E-state index contributed by atoms with van der Waals surface area (Å²) in [5.74, 6) is 0. The Bertz CT molecular complexity index is 627. The van der Waals surface area contributed by atoms with E-state index in [4.69, 9.17) is 0 Å². The lowest BCUT2D eigenvalue weighted by molar-refractivity contribution is 1.02. The smallest absolute Gasteiger partial charge is 0.274 e. The number of aromatic amines is 1. The number of hydrogen-bond acceptors (Lipinski definition) is 2. The molecule has 17 heavy (non-hydrogen) atoms. The summed E-state index contributed by atoms with van der Waals surface area (Å²) in [4.78, 5) is 19.1. The zero-order valence-corrected chi connectivity index (χ0v) is 10.6. The van der Waals surface area contributed by atoms with Gasteiger partial charge in [0.15, 0.2) is 0 Å². The van der Waals surface area contributed by atoms with Gasteiger partial charge in [0.25, 0.3) is 5.56 Å². The Morgan fingerprint density at radius 1 is 1.06 bits per heavy atom. The van der Waals surface area contributed by atoms with E-state index in [1.54, 1.807) is 0 Å². The Kier molecular flexibility index (Phi) is 2.84. The summed E-state index contributed by atoms with van der Waals surface area (Å²) in [5.41, 5.74) is 5.31. The average molecular weight is 228 g/mol. The van der Waals surface area contributed by atoms with E-state index in [-0.39, 0.29) is 5.56 Å². The molecule has 0 aliphatic rings. The van der Waals surface area contributed by atoms with Crippen molar-refractivity contribution in [3.05, 3.63) is 51.1 Å². The van der Waals surface area contributed by atoms with Gasteiger partial charge in [-0.25, -0.2) is 4.98 Å². The minimum Gasteiger partial charge on any atom is -0.323 e. The fraction of sp³-hybridized carbons (Fsp3) is 0.286. The second kappa shape index (κ2) is 4.17. The molecule has 0 fully saturated rings. The van der Waals surface area contributed by atoms with Crippen molar-refractivity contribution < 1.29 is 0 Å². The Labute approximate surface area is 101 Å². The molecule has 0 aliphatic carbocycles. The van der Waals surface area contributed by atoms with Crippen LogP contribution in [-0.4, -0.2) is 9.97 Å². The van der Waals surface area contributed by atoms with Gasteiger partial charge in [0.1, 0.15) is 5.69 Å². The van der Waals surface area contributed by atoms with Crippen molar-refractivity contribution >= 4 is 0 Å². The van der Waals surface area contributed by atoms with Gasteiger partial charge in [0.2, 0.25) is 0 Å². The zero-order valence-electron chi connectivity index (χ0n) is 10.6. The van der Waals surface area contributed by atoms with E-state index >= 15 is 0 Å². The molecule has 1 aromatic carbocycles. The van der Waals surface area contributed by atoms with Crippen LogP contribution in [-0.2, 0) is 0 Å². The number of H-pyrrole nitrogens is 1. The molecule has 88 valence electrons. The van der Waals surface area contributed by atoms with Gasteiger partial charge < -0.3 is 4.98 Å². The fourth-order valence-corrected chi connectivity index (χ4v) is 1.71. The molecule has 0 atom stereocenters. The minimum atomic E-state index is -0.128. The molecule has 0 bridgehead atoms. The quantitative estimate of drug-likeness (QED) is 0.815. The molecular weight excluding hydrogens is 212 g/mol. The standard InChI is InChI=1S/C14H16N2O/c1-8-5-6-12(7-9(8)2)13-14(17)16-11(4)10(3)15-13/h5-7H,1-4H3,(H,16,17). The first kappa shape index (κ1) is 11.6. The van der Waals surface area contributed by atoms with Crippen molar-refractivity contribution in [2.45, 2.75) is 27.7 Å². The lowest BCUT2D eigenvalue weighted by Crippen LogP contribution is -2.14. The number of aryl methyl sites for hydroxylation is 4. The Morgan fingerprint density at radius 3 is 2.41 bits per heavy atom. The van der Waals surface area contributed by atoms with Crippen LogP contribution >= 0.6 is 0 Å². The van der Waals surface area contributed by atoms with Crippen molar-refractivity contribution in [3.63, 3.8) is 0 Å². The number of aromatic nitrogens is 2. The minimum absolute atomic E-state index is 0.128. The first-order chi connectivity index (χ1) is 7.99. The Balaban J connectivity index is 2.64. The van der Waals surface area contributed by atoms with Gasteiger partial charge in [-0.15, -0.1) is 0 Å². The topological polar surface area (TPSA) is 45.8 Å². The maximum atomic E-state index is 11.9. The number of benzene rings is 1. The van der Waals surface area contributed by atoms with Gasteiger partial charge in [0.05, 0.1) is 5.69 Å². The van der Waals surface area contributed by atoms with Gasteiger partial charge >= 0.3 is 0 Å². The molecule has 1 heterocycles. The van der Waals surface area contributed by atoms with E-state index in [2.05, 4.69) is 16.9 Å². The second-order valence-corrected chi connectivity index (χ2v) is 4.42. The molecule has 0 amide bonds. The van der Waals surface area contributed by atoms with Crippen LogP contribution in [0.1, 0.15) is 22.5 Å². The third-order valence-electron chi connectivity index (χ3n) is 3.12. The molecular formula is C14H16N2O. The Hall–Kier alpha value is -1.90. The van der Waals surface area contributed by atoms with Crippen molar-refractivity contribution in [2.24, 2.45) is 0 Å².